The third-order valence-corrected chi connectivity index (χ3v) is 2.19. The summed E-state index contributed by atoms with van der Waals surface area (Å²) in [5.41, 5.74) is 1.31. The molecule has 0 fully saturated rings. The number of aromatic nitrogens is 3. The molecule has 0 aliphatic carbocycles. The van der Waals surface area contributed by atoms with Gasteiger partial charge in [-0.25, -0.2) is 4.68 Å². The Morgan fingerprint density at radius 1 is 1.19 bits per heavy atom. The summed E-state index contributed by atoms with van der Waals surface area (Å²) in [5, 5.41) is 11.7. The molecule has 0 aliphatic rings. The monoisotopic (exact) mass is 224 g/mol. The van der Waals surface area contributed by atoms with E-state index in [0.29, 0.717) is 5.41 Å². The minimum absolute atomic E-state index is 0.00920. The third kappa shape index (κ3) is 4.31. The number of hydrogen-bond acceptors (Lipinski definition) is 3. The Kier molecular flexibility index (Phi) is 3.73. The first-order valence-corrected chi connectivity index (χ1v) is 5.81. The van der Waals surface area contributed by atoms with E-state index in [9.17, 15) is 0 Å². The van der Waals surface area contributed by atoms with Crippen molar-refractivity contribution in [2.45, 2.75) is 53.6 Å². The van der Waals surface area contributed by atoms with Crippen molar-refractivity contribution in [1.29, 1.82) is 0 Å². The Morgan fingerprint density at radius 2 is 1.81 bits per heavy atom. The molecule has 0 aromatic carbocycles. The Hall–Kier alpha value is -0.900. The molecule has 0 spiro atoms. The van der Waals surface area contributed by atoms with E-state index in [-0.39, 0.29) is 5.54 Å². The fourth-order valence-corrected chi connectivity index (χ4v) is 1.27. The fraction of sp³-hybridized carbons (Fsp3) is 0.833. The van der Waals surface area contributed by atoms with Crippen LogP contribution in [0.15, 0.2) is 6.20 Å². The van der Waals surface area contributed by atoms with E-state index in [1.807, 2.05) is 10.9 Å². The summed E-state index contributed by atoms with van der Waals surface area (Å²) >= 11 is 0. The average Bonchev–Trinajstić information content (AvgIpc) is 2.49. The lowest BCUT2D eigenvalue weighted by molar-refractivity contribution is 0.346. The molecule has 0 bridgehead atoms. The molecule has 0 atom stereocenters. The molecule has 0 saturated heterocycles. The highest BCUT2D eigenvalue weighted by molar-refractivity contribution is 4.94. The van der Waals surface area contributed by atoms with Crippen LogP contribution < -0.4 is 5.32 Å². The van der Waals surface area contributed by atoms with Gasteiger partial charge in [-0.2, -0.15) is 0 Å². The molecule has 4 heteroatoms. The van der Waals surface area contributed by atoms with Gasteiger partial charge in [0, 0.05) is 13.1 Å². The van der Waals surface area contributed by atoms with Crippen LogP contribution in [0.1, 0.15) is 47.2 Å². The summed E-state index contributed by atoms with van der Waals surface area (Å²) < 4.78 is 1.90. The van der Waals surface area contributed by atoms with E-state index in [0.717, 1.165) is 18.8 Å². The molecule has 0 aliphatic heterocycles. The minimum atomic E-state index is 0.00920. The van der Waals surface area contributed by atoms with Gasteiger partial charge in [-0.3, -0.25) is 0 Å². The first-order chi connectivity index (χ1) is 7.18. The molecule has 92 valence electrons. The van der Waals surface area contributed by atoms with Crippen molar-refractivity contribution in [1.82, 2.24) is 20.3 Å². The molecule has 1 aromatic rings. The van der Waals surface area contributed by atoms with Crippen molar-refractivity contribution in [3.63, 3.8) is 0 Å². The zero-order valence-electron chi connectivity index (χ0n) is 11.3. The van der Waals surface area contributed by atoms with Gasteiger partial charge < -0.3 is 5.32 Å². The smallest absolute Gasteiger partial charge is 0.0965 e. The zero-order valence-corrected chi connectivity index (χ0v) is 11.3. The van der Waals surface area contributed by atoms with Gasteiger partial charge in [0.15, 0.2) is 0 Å². The molecule has 0 radical (unpaired) electrons. The van der Waals surface area contributed by atoms with Gasteiger partial charge in [-0.05, 0) is 26.2 Å². The van der Waals surface area contributed by atoms with Gasteiger partial charge in [0.2, 0.25) is 0 Å². The predicted molar refractivity (Wildman–Crippen MR) is 66.2 cm³/mol. The topological polar surface area (TPSA) is 42.7 Å². The highest BCUT2D eigenvalue weighted by Gasteiger charge is 2.15. The summed E-state index contributed by atoms with van der Waals surface area (Å²) in [4.78, 5) is 0. The molecule has 4 nitrogen and oxygen atoms in total. The van der Waals surface area contributed by atoms with Crippen LogP contribution >= 0.6 is 0 Å². The number of rotatable bonds is 3. The van der Waals surface area contributed by atoms with Crippen molar-refractivity contribution < 1.29 is 0 Å². The van der Waals surface area contributed by atoms with Crippen LogP contribution in [0.2, 0.25) is 0 Å². The van der Waals surface area contributed by atoms with E-state index in [2.05, 4.69) is 57.2 Å². The molecular weight excluding hydrogens is 200 g/mol. The van der Waals surface area contributed by atoms with E-state index in [1.165, 1.54) is 0 Å². The Labute approximate surface area is 98.4 Å². The molecule has 0 amide bonds. The fourth-order valence-electron chi connectivity index (χ4n) is 1.27. The van der Waals surface area contributed by atoms with Crippen LogP contribution in [0.5, 0.6) is 0 Å². The Balaban J connectivity index is 2.48. The van der Waals surface area contributed by atoms with Crippen molar-refractivity contribution in [2.75, 3.05) is 6.54 Å². The Bertz CT molecular complexity index is 328. The highest BCUT2D eigenvalue weighted by Crippen LogP contribution is 2.12. The number of nitrogens with one attached hydrogen (secondary N) is 1. The van der Waals surface area contributed by atoms with Crippen LogP contribution in [-0.2, 0) is 12.1 Å². The number of nitrogens with zero attached hydrogens (tertiary/aromatic N) is 3. The van der Waals surface area contributed by atoms with Crippen LogP contribution in [0.25, 0.3) is 0 Å². The standard InChI is InChI=1S/C12H24N4/c1-11(2,3)9-13-7-10-8-16(15-14-10)12(4,5)6/h8,13H,7,9H2,1-6H3. The first-order valence-electron chi connectivity index (χ1n) is 5.81. The third-order valence-electron chi connectivity index (χ3n) is 2.19. The van der Waals surface area contributed by atoms with Crippen LogP contribution in [0.4, 0.5) is 0 Å². The maximum Gasteiger partial charge on any atom is 0.0965 e. The second-order valence-corrected chi connectivity index (χ2v) is 6.49. The molecular formula is C12H24N4. The second kappa shape index (κ2) is 4.53. The van der Waals surface area contributed by atoms with Gasteiger partial charge in [0.05, 0.1) is 17.4 Å². The van der Waals surface area contributed by atoms with E-state index < -0.39 is 0 Å². The van der Waals surface area contributed by atoms with Gasteiger partial charge in [-0.15, -0.1) is 5.10 Å². The summed E-state index contributed by atoms with van der Waals surface area (Å²) in [6.07, 6.45) is 2.01. The van der Waals surface area contributed by atoms with Crippen molar-refractivity contribution in [2.24, 2.45) is 5.41 Å². The highest BCUT2D eigenvalue weighted by atomic mass is 15.4. The molecule has 16 heavy (non-hydrogen) atoms. The lowest BCUT2D eigenvalue weighted by Gasteiger charge is -2.18. The average molecular weight is 224 g/mol. The molecule has 1 N–H and O–H groups in total. The van der Waals surface area contributed by atoms with E-state index in [1.54, 1.807) is 0 Å². The quantitative estimate of drug-likeness (QED) is 0.855. The molecule has 0 unspecified atom stereocenters. The minimum Gasteiger partial charge on any atom is -0.311 e. The summed E-state index contributed by atoms with van der Waals surface area (Å²) in [6.45, 7) is 14.8. The van der Waals surface area contributed by atoms with Gasteiger partial charge in [0.25, 0.3) is 0 Å². The summed E-state index contributed by atoms with van der Waals surface area (Å²) in [5.74, 6) is 0. The summed E-state index contributed by atoms with van der Waals surface area (Å²) in [6, 6.07) is 0. The first kappa shape index (κ1) is 13.2. The van der Waals surface area contributed by atoms with E-state index in [4.69, 9.17) is 0 Å². The van der Waals surface area contributed by atoms with Crippen molar-refractivity contribution >= 4 is 0 Å². The molecule has 1 rings (SSSR count). The van der Waals surface area contributed by atoms with Crippen molar-refractivity contribution in [3.05, 3.63) is 11.9 Å². The number of hydrogen-bond donors (Lipinski definition) is 1. The second-order valence-electron chi connectivity index (χ2n) is 6.49. The Morgan fingerprint density at radius 3 is 2.25 bits per heavy atom. The van der Waals surface area contributed by atoms with Gasteiger partial charge in [-0.1, -0.05) is 26.0 Å². The molecule has 0 saturated carbocycles. The van der Waals surface area contributed by atoms with Crippen LogP contribution in [-0.4, -0.2) is 21.5 Å². The lowest BCUT2D eigenvalue weighted by atomic mass is 9.97. The normalized spacial score (nSPS) is 13.1. The van der Waals surface area contributed by atoms with Gasteiger partial charge >= 0.3 is 0 Å². The van der Waals surface area contributed by atoms with E-state index >= 15 is 0 Å². The largest absolute Gasteiger partial charge is 0.311 e. The SMILES string of the molecule is CC(C)(C)CNCc1cn(C(C)(C)C)nn1. The summed E-state index contributed by atoms with van der Waals surface area (Å²) in [7, 11) is 0. The lowest BCUT2D eigenvalue weighted by Crippen LogP contribution is -2.26. The maximum atomic E-state index is 4.15. The van der Waals surface area contributed by atoms with Crippen LogP contribution in [0, 0.1) is 5.41 Å². The molecule has 1 aromatic heterocycles. The van der Waals surface area contributed by atoms with Gasteiger partial charge in [0.1, 0.15) is 0 Å². The van der Waals surface area contributed by atoms with Crippen molar-refractivity contribution in [3.8, 4) is 0 Å². The maximum absolute atomic E-state index is 4.15. The zero-order chi connectivity index (χ0) is 12.4. The van der Waals surface area contributed by atoms with Crippen LogP contribution in [0.3, 0.4) is 0 Å². The predicted octanol–water partition coefficient (Wildman–Crippen LogP) is 2.17. The molecule has 1 heterocycles.